The number of likely N-dealkylation sites (tertiary alicyclic amines) is 1. The smallest absolute Gasteiger partial charge is 0.119 e. The zero-order chi connectivity index (χ0) is 13.1. The van der Waals surface area contributed by atoms with Crippen molar-refractivity contribution in [2.75, 3.05) is 26.2 Å². The van der Waals surface area contributed by atoms with Gasteiger partial charge in [0.2, 0.25) is 0 Å². The number of hydrogen-bond acceptors (Lipinski definition) is 3. The Bertz CT molecular complexity index is 427. The molecule has 3 rings (SSSR count). The lowest BCUT2D eigenvalue weighted by Crippen LogP contribution is -2.21. The van der Waals surface area contributed by atoms with Crippen LogP contribution in [0.4, 0.5) is 0 Å². The maximum atomic E-state index is 6.04. The topological polar surface area (TPSA) is 38.5 Å². The van der Waals surface area contributed by atoms with Crippen LogP contribution in [0.15, 0.2) is 18.2 Å². The minimum absolute atomic E-state index is 0.235. The van der Waals surface area contributed by atoms with Gasteiger partial charge in [0, 0.05) is 12.6 Å². The molecule has 1 aliphatic heterocycles. The highest BCUT2D eigenvalue weighted by Crippen LogP contribution is 2.31. The van der Waals surface area contributed by atoms with E-state index in [1.165, 1.54) is 43.6 Å². The molecule has 19 heavy (non-hydrogen) atoms. The summed E-state index contributed by atoms with van der Waals surface area (Å²) in [6, 6.07) is 6.62. The van der Waals surface area contributed by atoms with Crippen LogP contribution in [0.3, 0.4) is 0 Å². The molecule has 1 saturated heterocycles. The van der Waals surface area contributed by atoms with Crippen molar-refractivity contribution < 1.29 is 4.74 Å². The fraction of sp³-hybridized carbons (Fsp3) is 0.625. The molecular weight excluding hydrogens is 236 g/mol. The predicted molar refractivity (Wildman–Crippen MR) is 77.5 cm³/mol. The molecule has 1 aromatic rings. The Hall–Kier alpha value is -1.06. The standard InChI is InChI=1S/C16H24N2O/c17-16-7-4-13-12-14(5-6-15(13)16)19-11-3-10-18-8-1-2-9-18/h5-6,12,16H,1-4,7-11,17H2/t16-/m1/s1. The van der Waals surface area contributed by atoms with Crippen molar-refractivity contribution in [2.24, 2.45) is 5.73 Å². The van der Waals surface area contributed by atoms with E-state index in [1.54, 1.807) is 0 Å². The van der Waals surface area contributed by atoms with Gasteiger partial charge in [0.05, 0.1) is 6.61 Å². The number of nitrogens with zero attached hydrogens (tertiary/aromatic N) is 1. The highest BCUT2D eigenvalue weighted by Gasteiger charge is 2.19. The Morgan fingerprint density at radius 1 is 1.26 bits per heavy atom. The largest absolute Gasteiger partial charge is 0.494 e. The van der Waals surface area contributed by atoms with Crippen molar-refractivity contribution in [3.8, 4) is 5.75 Å². The molecule has 0 unspecified atom stereocenters. The molecule has 0 bridgehead atoms. The van der Waals surface area contributed by atoms with Gasteiger partial charge in [0.25, 0.3) is 0 Å². The van der Waals surface area contributed by atoms with Crippen LogP contribution in [0.25, 0.3) is 0 Å². The zero-order valence-corrected chi connectivity index (χ0v) is 11.6. The van der Waals surface area contributed by atoms with Crippen LogP contribution < -0.4 is 10.5 Å². The van der Waals surface area contributed by atoms with Crippen molar-refractivity contribution >= 4 is 0 Å². The van der Waals surface area contributed by atoms with Gasteiger partial charge >= 0.3 is 0 Å². The number of rotatable bonds is 5. The average Bonchev–Trinajstić information content (AvgIpc) is 3.05. The zero-order valence-electron chi connectivity index (χ0n) is 11.6. The summed E-state index contributed by atoms with van der Waals surface area (Å²) >= 11 is 0. The number of fused-ring (bicyclic) bond motifs is 1. The first kappa shape index (κ1) is 12.9. The van der Waals surface area contributed by atoms with Gasteiger partial charge in [-0.3, -0.25) is 0 Å². The first-order chi connectivity index (χ1) is 9.33. The van der Waals surface area contributed by atoms with Crippen LogP contribution in [0.2, 0.25) is 0 Å². The van der Waals surface area contributed by atoms with Crippen LogP contribution >= 0.6 is 0 Å². The van der Waals surface area contributed by atoms with Gasteiger partial charge < -0.3 is 15.4 Å². The minimum atomic E-state index is 0.235. The fourth-order valence-electron chi connectivity index (χ4n) is 3.20. The Balaban J connectivity index is 1.45. The third-order valence-corrected chi connectivity index (χ3v) is 4.32. The first-order valence-corrected chi connectivity index (χ1v) is 7.56. The second kappa shape index (κ2) is 5.93. The molecule has 1 fully saturated rings. The average molecular weight is 260 g/mol. The maximum absolute atomic E-state index is 6.04. The summed E-state index contributed by atoms with van der Waals surface area (Å²) in [5.74, 6) is 1.01. The van der Waals surface area contributed by atoms with Gasteiger partial charge in [-0.05, 0) is 68.5 Å². The lowest BCUT2D eigenvalue weighted by molar-refractivity contribution is 0.263. The molecule has 0 amide bonds. The van der Waals surface area contributed by atoms with E-state index in [2.05, 4.69) is 23.1 Å². The predicted octanol–water partition coefficient (Wildman–Crippen LogP) is 2.50. The summed E-state index contributed by atoms with van der Waals surface area (Å²) < 4.78 is 5.86. The second-order valence-electron chi connectivity index (χ2n) is 5.76. The van der Waals surface area contributed by atoms with E-state index >= 15 is 0 Å². The molecule has 1 aliphatic carbocycles. The van der Waals surface area contributed by atoms with Crippen LogP contribution in [0.1, 0.15) is 42.9 Å². The fourth-order valence-corrected chi connectivity index (χ4v) is 3.20. The van der Waals surface area contributed by atoms with Crippen LogP contribution in [0.5, 0.6) is 5.75 Å². The van der Waals surface area contributed by atoms with Gasteiger partial charge in [-0.1, -0.05) is 6.07 Å². The maximum Gasteiger partial charge on any atom is 0.119 e. The van der Waals surface area contributed by atoms with Crippen molar-refractivity contribution in [1.82, 2.24) is 4.90 Å². The van der Waals surface area contributed by atoms with E-state index in [1.807, 2.05) is 0 Å². The molecule has 0 saturated carbocycles. The van der Waals surface area contributed by atoms with Crippen LogP contribution in [-0.2, 0) is 6.42 Å². The summed E-state index contributed by atoms with van der Waals surface area (Å²) in [6.07, 6.45) is 6.03. The Morgan fingerprint density at radius 3 is 2.95 bits per heavy atom. The third-order valence-electron chi connectivity index (χ3n) is 4.32. The van der Waals surface area contributed by atoms with Crippen molar-refractivity contribution in [1.29, 1.82) is 0 Å². The molecule has 3 heteroatoms. The van der Waals surface area contributed by atoms with Crippen molar-refractivity contribution in [2.45, 2.75) is 38.1 Å². The molecule has 0 radical (unpaired) electrons. The van der Waals surface area contributed by atoms with E-state index in [0.29, 0.717) is 0 Å². The quantitative estimate of drug-likeness (QED) is 0.827. The number of benzene rings is 1. The minimum Gasteiger partial charge on any atom is -0.494 e. The molecular formula is C16H24N2O. The summed E-state index contributed by atoms with van der Waals surface area (Å²) in [5.41, 5.74) is 8.73. The second-order valence-corrected chi connectivity index (χ2v) is 5.76. The Morgan fingerprint density at radius 2 is 2.11 bits per heavy atom. The van der Waals surface area contributed by atoms with Crippen LogP contribution in [0, 0.1) is 0 Å². The SMILES string of the molecule is N[C@@H]1CCc2cc(OCCCN3CCCC3)ccc21. The first-order valence-electron chi connectivity index (χ1n) is 7.56. The summed E-state index contributed by atoms with van der Waals surface area (Å²) in [4.78, 5) is 2.53. The normalized spacial score (nSPS) is 22.7. The molecule has 0 spiro atoms. The molecule has 1 aromatic carbocycles. The highest BCUT2D eigenvalue weighted by atomic mass is 16.5. The summed E-state index contributed by atoms with van der Waals surface area (Å²) in [7, 11) is 0. The lowest BCUT2D eigenvalue weighted by Gasteiger charge is -2.14. The van der Waals surface area contributed by atoms with Crippen molar-refractivity contribution in [3.63, 3.8) is 0 Å². The molecule has 1 atom stereocenters. The number of aryl methyl sites for hydroxylation is 1. The van der Waals surface area contributed by atoms with E-state index in [0.717, 1.165) is 31.6 Å². The van der Waals surface area contributed by atoms with E-state index in [-0.39, 0.29) is 6.04 Å². The van der Waals surface area contributed by atoms with Gasteiger partial charge in [-0.15, -0.1) is 0 Å². The summed E-state index contributed by atoms with van der Waals surface area (Å²) in [6.45, 7) is 4.55. The van der Waals surface area contributed by atoms with E-state index in [9.17, 15) is 0 Å². The monoisotopic (exact) mass is 260 g/mol. The number of hydrogen-bond donors (Lipinski definition) is 1. The number of ether oxygens (including phenoxy) is 1. The van der Waals surface area contributed by atoms with Gasteiger partial charge in [0.15, 0.2) is 0 Å². The van der Waals surface area contributed by atoms with Crippen LogP contribution in [-0.4, -0.2) is 31.1 Å². The van der Waals surface area contributed by atoms with E-state index < -0.39 is 0 Å². The van der Waals surface area contributed by atoms with E-state index in [4.69, 9.17) is 10.5 Å². The molecule has 2 aliphatic rings. The van der Waals surface area contributed by atoms with Gasteiger partial charge in [0.1, 0.15) is 5.75 Å². The molecule has 1 heterocycles. The highest BCUT2D eigenvalue weighted by molar-refractivity contribution is 5.40. The van der Waals surface area contributed by atoms with Gasteiger partial charge in [-0.25, -0.2) is 0 Å². The summed E-state index contributed by atoms with van der Waals surface area (Å²) in [5, 5.41) is 0. The Kier molecular flexibility index (Phi) is 4.04. The Labute approximate surface area is 115 Å². The number of nitrogens with two attached hydrogens (primary N) is 1. The molecule has 2 N–H and O–H groups in total. The molecule has 0 aromatic heterocycles. The third kappa shape index (κ3) is 3.10. The van der Waals surface area contributed by atoms with Crippen molar-refractivity contribution in [3.05, 3.63) is 29.3 Å². The van der Waals surface area contributed by atoms with Gasteiger partial charge in [-0.2, -0.15) is 0 Å². The molecule has 104 valence electrons. The molecule has 3 nitrogen and oxygen atoms in total. The lowest BCUT2D eigenvalue weighted by atomic mass is 10.1.